The van der Waals surface area contributed by atoms with Crippen LogP contribution in [0.15, 0.2) is 0 Å². The molecule has 0 rings (SSSR count). The number of rotatable bonds is 7. The molecule has 1 atom stereocenters. The molecule has 0 heterocycles. The molecular weight excluding hydrogens is 364 g/mol. The van der Waals surface area contributed by atoms with Gasteiger partial charge in [0.1, 0.15) is 3.74 Å². The maximum Gasteiger partial charge on any atom is 0.170 e. The summed E-state index contributed by atoms with van der Waals surface area (Å²) in [5, 5.41) is 0. The molecule has 0 aliphatic carbocycles. The molecule has 0 aromatic heterocycles. The lowest BCUT2D eigenvalue weighted by molar-refractivity contribution is -0.116. The number of unbranched alkanes of at least 4 members (excludes halogenated alkanes) is 3. The second-order valence-electron chi connectivity index (χ2n) is 3.02. The number of carbonyl (C=O) groups is 1. The lowest BCUT2D eigenvalue weighted by Gasteiger charge is -2.08. The van der Waals surface area contributed by atoms with Crippen LogP contribution in [0.3, 0.4) is 0 Å². The van der Waals surface area contributed by atoms with Crippen LogP contribution < -0.4 is 0 Å². The van der Waals surface area contributed by atoms with Gasteiger partial charge in [-0.05, 0) is 6.42 Å². The third-order valence-electron chi connectivity index (χ3n) is 1.83. The Labute approximate surface area is 105 Å². The summed E-state index contributed by atoms with van der Waals surface area (Å²) >= 11 is 9.79. The lowest BCUT2D eigenvalue weighted by atomic mass is 10.1. The highest BCUT2D eigenvalue weighted by Crippen LogP contribution is 2.20. The number of alkyl halides is 3. The van der Waals surface area contributed by atoms with Crippen molar-refractivity contribution in [2.75, 3.05) is 0 Å². The molecule has 0 spiro atoms. The van der Waals surface area contributed by atoms with Gasteiger partial charge in [-0.3, -0.25) is 4.79 Å². The van der Waals surface area contributed by atoms with Crippen molar-refractivity contribution in [1.82, 2.24) is 0 Å². The molecule has 4 heteroatoms. The van der Waals surface area contributed by atoms with Gasteiger partial charge in [-0.25, -0.2) is 0 Å². The minimum absolute atomic E-state index is 0.00638. The van der Waals surface area contributed by atoms with Crippen LogP contribution in [0, 0.1) is 0 Å². The van der Waals surface area contributed by atoms with E-state index >= 15 is 0 Å². The Balaban J connectivity index is 3.50. The second-order valence-corrected chi connectivity index (χ2v) is 7.19. The van der Waals surface area contributed by atoms with Crippen LogP contribution in [-0.2, 0) is 4.79 Å². The summed E-state index contributed by atoms with van der Waals surface area (Å²) in [6.45, 7) is 2.18. The number of halogens is 3. The van der Waals surface area contributed by atoms with E-state index in [1.54, 1.807) is 0 Å². The van der Waals surface area contributed by atoms with Crippen LogP contribution >= 0.6 is 47.8 Å². The minimum Gasteiger partial charge on any atom is -0.296 e. The molecule has 78 valence electrons. The van der Waals surface area contributed by atoms with E-state index in [9.17, 15) is 4.79 Å². The van der Waals surface area contributed by atoms with Gasteiger partial charge in [0.2, 0.25) is 0 Å². The van der Waals surface area contributed by atoms with Crippen LogP contribution in [0.5, 0.6) is 0 Å². The molecule has 0 aliphatic heterocycles. The fourth-order valence-electron chi connectivity index (χ4n) is 1.03. The number of hydrogen-bond donors (Lipinski definition) is 0. The van der Waals surface area contributed by atoms with E-state index in [0.29, 0.717) is 0 Å². The Kier molecular flexibility index (Phi) is 9.14. The normalized spacial score (nSPS) is 13.3. The highest BCUT2D eigenvalue weighted by molar-refractivity contribution is 9.25. The van der Waals surface area contributed by atoms with Crippen molar-refractivity contribution in [3.8, 4) is 0 Å². The molecule has 0 bridgehead atoms. The van der Waals surface area contributed by atoms with E-state index in [1.165, 1.54) is 19.3 Å². The SMILES string of the molecule is CCCCCCC(Br)C(=O)C(Br)Br. The van der Waals surface area contributed by atoms with Crippen LogP contribution in [0.4, 0.5) is 0 Å². The Morgan fingerprint density at radius 2 is 1.77 bits per heavy atom. The summed E-state index contributed by atoms with van der Waals surface area (Å²) < 4.78 is -0.212. The lowest BCUT2D eigenvalue weighted by Crippen LogP contribution is -2.19. The van der Waals surface area contributed by atoms with Gasteiger partial charge in [0, 0.05) is 0 Å². The maximum absolute atomic E-state index is 11.4. The largest absolute Gasteiger partial charge is 0.296 e. The third kappa shape index (κ3) is 7.09. The predicted molar refractivity (Wildman–Crippen MR) is 68.1 cm³/mol. The zero-order valence-electron chi connectivity index (χ0n) is 7.73. The average molecular weight is 379 g/mol. The van der Waals surface area contributed by atoms with Gasteiger partial charge >= 0.3 is 0 Å². The summed E-state index contributed by atoms with van der Waals surface area (Å²) in [7, 11) is 0. The van der Waals surface area contributed by atoms with Gasteiger partial charge in [-0.1, -0.05) is 80.4 Å². The maximum atomic E-state index is 11.4. The van der Waals surface area contributed by atoms with Crippen molar-refractivity contribution in [1.29, 1.82) is 0 Å². The van der Waals surface area contributed by atoms with Crippen molar-refractivity contribution in [3.05, 3.63) is 0 Å². The second kappa shape index (κ2) is 8.42. The predicted octanol–water partition coefficient (Wildman–Crippen LogP) is 4.41. The zero-order chi connectivity index (χ0) is 10.3. The van der Waals surface area contributed by atoms with E-state index < -0.39 is 0 Å². The Bertz CT molecular complexity index is 148. The van der Waals surface area contributed by atoms with Crippen LogP contribution in [0.25, 0.3) is 0 Å². The summed E-state index contributed by atoms with van der Waals surface area (Å²) in [5.74, 6) is 0.177. The fraction of sp³-hybridized carbons (Fsp3) is 0.889. The highest BCUT2D eigenvalue weighted by Gasteiger charge is 2.19. The van der Waals surface area contributed by atoms with E-state index in [2.05, 4.69) is 54.7 Å². The number of ketones is 1. The van der Waals surface area contributed by atoms with Gasteiger partial charge in [0.15, 0.2) is 5.78 Å². The van der Waals surface area contributed by atoms with Gasteiger partial charge < -0.3 is 0 Å². The van der Waals surface area contributed by atoms with E-state index in [-0.39, 0.29) is 14.3 Å². The van der Waals surface area contributed by atoms with E-state index in [1.807, 2.05) is 0 Å². The standard InChI is InChI=1S/C9H15Br3O/c1-2-3-4-5-6-7(10)8(13)9(11)12/h7,9H,2-6H2,1H3. The molecule has 13 heavy (non-hydrogen) atoms. The molecule has 0 saturated carbocycles. The van der Waals surface area contributed by atoms with E-state index in [0.717, 1.165) is 12.8 Å². The molecule has 0 amide bonds. The quantitative estimate of drug-likeness (QED) is 0.474. The molecule has 0 saturated heterocycles. The van der Waals surface area contributed by atoms with Crippen molar-refractivity contribution >= 4 is 53.6 Å². The molecule has 0 radical (unpaired) electrons. The highest BCUT2D eigenvalue weighted by atomic mass is 79.9. The molecule has 1 unspecified atom stereocenters. The van der Waals surface area contributed by atoms with Crippen LogP contribution in [0.1, 0.15) is 39.0 Å². The van der Waals surface area contributed by atoms with Gasteiger partial charge in [0.05, 0.1) is 4.83 Å². The molecule has 0 aromatic rings. The zero-order valence-corrected chi connectivity index (χ0v) is 12.5. The monoisotopic (exact) mass is 376 g/mol. The summed E-state index contributed by atoms with van der Waals surface area (Å²) in [6, 6.07) is 0. The number of Topliss-reactive ketones (excluding diaryl/α,β-unsaturated/α-hetero) is 1. The fourth-order valence-corrected chi connectivity index (χ4v) is 2.96. The molecule has 0 aliphatic rings. The first-order chi connectivity index (χ1) is 6.09. The van der Waals surface area contributed by atoms with Crippen LogP contribution in [-0.4, -0.2) is 14.3 Å². The Morgan fingerprint density at radius 3 is 2.23 bits per heavy atom. The van der Waals surface area contributed by atoms with Crippen molar-refractivity contribution in [2.45, 2.75) is 47.6 Å². The third-order valence-corrected chi connectivity index (χ3v) is 3.65. The molecular formula is C9H15Br3O. The molecule has 1 nitrogen and oxygen atoms in total. The molecule has 0 N–H and O–H groups in total. The number of hydrogen-bond acceptors (Lipinski definition) is 1. The first kappa shape index (κ1) is 14.1. The first-order valence-corrected chi connectivity index (χ1v) is 7.30. The topological polar surface area (TPSA) is 17.1 Å². The molecule has 0 fully saturated rings. The van der Waals surface area contributed by atoms with Crippen molar-refractivity contribution in [3.63, 3.8) is 0 Å². The van der Waals surface area contributed by atoms with Gasteiger partial charge in [0.25, 0.3) is 0 Å². The summed E-state index contributed by atoms with van der Waals surface area (Å²) in [5.41, 5.74) is 0. The first-order valence-electron chi connectivity index (χ1n) is 4.55. The minimum atomic E-state index is -0.212. The molecule has 0 aromatic carbocycles. The Hall–Kier alpha value is 1.11. The summed E-state index contributed by atoms with van der Waals surface area (Å²) in [4.78, 5) is 11.4. The van der Waals surface area contributed by atoms with Gasteiger partial charge in [-0.15, -0.1) is 0 Å². The van der Waals surface area contributed by atoms with Crippen molar-refractivity contribution < 1.29 is 4.79 Å². The number of carbonyl (C=O) groups excluding carboxylic acids is 1. The smallest absolute Gasteiger partial charge is 0.170 e. The average Bonchev–Trinajstić information content (AvgIpc) is 2.10. The van der Waals surface area contributed by atoms with Gasteiger partial charge in [-0.2, -0.15) is 0 Å². The summed E-state index contributed by atoms with van der Waals surface area (Å²) in [6.07, 6.45) is 5.79. The van der Waals surface area contributed by atoms with E-state index in [4.69, 9.17) is 0 Å². The Morgan fingerprint density at radius 1 is 1.15 bits per heavy atom. The van der Waals surface area contributed by atoms with Crippen molar-refractivity contribution in [2.24, 2.45) is 0 Å². The van der Waals surface area contributed by atoms with Crippen LogP contribution in [0.2, 0.25) is 0 Å².